The van der Waals surface area contributed by atoms with Gasteiger partial charge in [-0.1, -0.05) is 46.0 Å². The van der Waals surface area contributed by atoms with Crippen LogP contribution in [0.25, 0.3) is 0 Å². The summed E-state index contributed by atoms with van der Waals surface area (Å²) < 4.78 is 0. The first-order valence-electron chi connectivity index (χ1n) is 6.97. The van der Waals surface area contributed by atoms with Crippen LogP contribution >= 0.6 is 0 Å². The maximum atomic E-state index is 6.57. The summed E-state index contributed by atoms with van der Waals surface area (Å²) in [5, 5.41) is 0. The maximum absolute atomic E-state index is 6.57. The largest absolute Gasteiger partial charge is 0.326 e. The molecule has 0 heterocycles. The van der Waals surface area contributed by atoms with Crippen molar-refractivity contribution in [2.45, 2.75) is 70.4 Å². The van der Waals surface area contributed by atoms with Crippen LogP contribution in [0.4, 0.5) is 0 Å². The molecule has 1 saturated carbocycles. The molecule has 2 heteroatoms. The fourth-order valence-corrected chi connectivity index (χ4v) is 3.20. The zero-order valence-electron chi connectivity index (χ0n) is 11.6. The van der Waals surface area contributed by atoms with Crippen LogP contribution in [0.1, 0.15) is 58.8 Å². The first kappa shape index (κ1) is 14.0. The molecule has 0 aliphatic heterocycles. The SMILES string of the molecule is CCC(C)C(N)C1(N(C)C)CCCCCC1. The number of hydrogen-bond donors (Lipinski definition) is 1. The average molecular weight is 226 g/mol. The first-order valence-corrected chi connectivity index (χ1v) is 6.97. The van der Waals surface area contributed by atoms with Gasteiger partial charge in [-0.15, -0.1) is 0 Å². The van der Waals surface area contributed by atoms with Gasteiger partial charge in [-0.2, -0.15) is 0 Å². The molecule has 2 unspecified atom stereocenters. The molecule has 2 nitrogen and oxygen atoms in total. The number of likely N-dealkylation sites (N-methyl/N-ethyl adjacent to an activating group) is 1. The van der Waals surface area contributed by atoms with E-state index in [-0.39, 0.29) is 5.54 Å². The monoisotopic (exact) mass is 226 g/mol. The van der Waals surface area contributed by atoms with Crippen molar-refractivity contribution in [3.63, 3.8) is 0 Å². The number of nitrogens with two attached hydrogens (primary N) is 1. The summed E-state index contributed by atoms with van der Waals surface area (Å²) in [4.78, 5) is 2.41. The lowest BCUT2D eigenvalue weighted by molar-refractivity contribution is 0.0736. The summed E-state index contributed by atoms with van der Waals surface area (Å²) in [5.41, 5.74) is 6.82. The predicted octanol–water partition coefficient (Wildman–Crippen LogP) is 3.01. The second-order valence-corrected chi connectivity index (χ2v) is 5.82. The summed E-state index contributed by atoms with van der Waals surface area (Å²) >= 11 is 0. The van der Waals surface area contributed by atoms with Gasteiger partial charge in [0.2, 0.25) is 0 Å². The van der Waals surface area contributed by atoms with E-state index in [0.29, 0.717) is 12.0 Å². The normalized spacial score (nSPS) is 25.1. The van der Waals surface area contributed by atoms with E-state index in [0.717, 1.165) is 0 Å². The smallest absolute Gasteiger partial charge is 0.0356 e. The molecule has 0 aromatic heterocycles. The van der Waals surface area contributed by atoms with Crippen LogP contribution in [0, 0.1) is 5.92 Å². The van der Waals surface area contributed by atoms with E-state index in [1.165, 1.54) is 44.9 Å². The Kier molecular flexibility index (Phi) is 5.26. The van der Waals surface area contributed by atoms with E-state index in [2.05, 4.69) is 32.8 Å². The average Bonchev–Trinajstić information content (AvgIpc) is 2.53. The minimum absolute atomic E-state index is 0.256. The van der Waals surface area contributed by atoms with Crippen LogP contribution in [-0.4, -0.2) is 30.6 Å². The molecule has 1 aliphatic rings. The Morgan fingerprint density at radius 3 is 2.00 bits per heavy atom. The third-order valence-corrected chi connectivity index (χ3v) is 4.74. The Balaban J connectivity index is 2.85. The van der Waals surface area contributed by atoms with Gasteiger partial charge in [-0.05, 0) is 32.9 Å². The molecule has 1 rings (SSSR count). The molecule has 0 saturated heterocycles. The molecule has 0 aromatic carbocycles. The Hall–Kier alpha value is -0.0800. The lowest BCUT2D eigenvalue weighted by Gasteiger charge is -2.46. The van der Waals surface area contributed by atoms with Gasteiger partial charge in [0.05, 0.1) is 0 Å². The molecule has 0 bridgehead atoms. The molecule has 0 amide bonds. The van der Waals surface area contributed by atoms with Gasteiger partial charge in [-0.3, -0.25) is 0 Å². The minimum atomic E-state index is 0.256. The fourth-order valence-electron chi connectivity index (χ4n) is 3.20. The van der Waals surface area contributed by atoms with Gasteiger partial charge in [0.15, 0.2) is 0 Å². The van der Waals surface area contributed by atoms with E-state index < -0.39 is 0 Å². The van der Waals surface area contributed by atoms with Gasteiger partial charge in [0.25, 0.3) is 0 Å². The minimum Gasteiger partial charge on any atom is -0.326 e. The molecular weight excluding hydrogens is 196 g/mol. The van der Waals surface area contributed by atoms with Crippen LogP contribution in [0.2, 0.25) is 0 Å². The molecule has 0 spiro atoms. The van der Waals surface area contributed by atoms with Crippen molar-refractivity contribution in [1.82, 2.24) is 4.90 Å². The Bertz CT molecular complexity index is 193. The molecule has 0 radical (unpaired) electrons. The van der Waals surface area contributed by atoms with Gasteiger partial charge in [-0.25, -0.2) is 0 Å². The standard InChI is InChI=1S/C14H30N2/c1-5-12(2)13(15)14(16(3)4)10-8-6-7-9-11-14/h12-13H,5-11,15H2,1-4H3. The second kappa shape index (κ2) is 6.02. The van der Waals surface area contributed by atoms with Gasteiger partial charge in [0.1, 0.15) is 0 Å². The zero-order valence-corrected chi connectivity index (χ0v) is 11.6. The number of rotatable bonds is 4. The van der Waals surface area contributed by atoms with Crippen molar-refractivity contribution in [3.05, 3.63) is 0 Å². The molecule has 1 aliphatic carbocycles. The van der Waals surface area contributed by atoms with Crippen LogP contribution < -0.4 is 5.73 Å². The van der Waals surface area contributed by atoms with E-state index in [1.807, 2.05) is 0 Å². The maximum Gasteiger partial charge on any atom is 0.0356 e. The lowest BCUT2D eigenvalue weighted by Crippen LogP contribution is -2.59. The molecule has 1 fully saturated rings. The summed E-state index contributed by atoms with van der Waals surface area (Å²) in [7, 11) is 4.43. The summed E-state index contributed by atoms with van der Waals surface area (Å²) in [6.07, 6.45) is 9.24. The van der Waals surface area contributed by atoms with Crippen LogP contribution in [0.5, 0.6) is 0 Å². The van der Waals surface area contributed by atoms with E-state index in [9.17, 15) is 0 Å². The third-order valence-electron chi connectivity index (χ3n) is 4.74. The molecule has 96 valence electrons. The van der Waals surface area contributed by atoms with Crippen molar-refractivity contribution in [2.24, 2.45) is 11.7 Å². The van der Waals surface area contributed by atoms with Crippen molar-refractivity contribution >= 4 is 0 Å². The third kappa shape index (κ3) is 2.78. The van der Waals surface area contributed by atoms with Gasteiger partial charge < -0.3 is 10.6 Å². The highest BCUT2D eigenvalue weighted by Gasteiger charge is 2.40. The zero-order chi connectivity index (χ0) is 12.2. The highest BCUT2D eigenvalue weighted by molar-refractivity contribution is 4.99. The van der Waals surface area contributed by atoms with Crippen LogP contribution in [0.15, 0.2) is 0 Å². The Labute approximate surface area is 102 Å². The van der Waals surface area contributed by atoms with Crippen molar-refractivity contribution in [3.8, 4) is 0 Å². The summed E-state index contributed by atoms with van der Waals surface area (Å²) in [5.74, 6) is 0.625. The van der Waals surface area contributed by atoms with E-state index >= 15 is 0 Å². The molecule has 0 aromatic rings. The second-order valence-electron chi connectivity index (χ2n) is 5.82. The summed E-state index contributed by atoms with van der Waals surface area (Å²) in [6, 6.07) is 0.325. The quantitative estimate of drug-likeness (QED) is 0.747. The highest BCUT2D eigenvalue weighted by atomic mass is 15.2. The number of nitrogens with zero attached hydrogens (tertiary/aromatic N) is 1. The fraction of sp³-hybridized carbons (Fsp3) is 1.00. The molecular formula is C14H30N2. The molecule has 16 heavy (non-hydrogen) atoms. The van der Waals surface area contributed by atoms with Crippen LogP contribution in [-0.2, 0) is 0 Å². The molecule has 2 N–H and O–H groups in total. The van der Waals surface area contributed by atoms with Crippen molar-refractivity contribution in [2.75, 3.05) is 14.1 Å². The number of hydrogen-bond acceptors (Lipinski definition) is 2. The lowest BCUT2D eigenvalue weighted by atomic mass is 9.76. The van der Waals surface area contributed by atoms with Gasteiger partial charge in [0, 0.05) is 11.6 Å². The predicted molar refractivity (Wildman–Crippen MR) is 71.6 cm³/mol. The first-order chi connectivity index (χ1) is 7.54. The van der Waals surface area contributed by atoms with Crippen molar-refractivity contribution < 1.29 is 0 Å². The van der Waals surface area contributed by atoms with E-state index in [1.54, 1.807) is 0 Å². The topological polar surface area (TPSA) is 29.3 Å². The summed E-state index contributed by atoms with van der Waals surface area (Å²) in [6.45, 7) is 4.56. The van der Waals surface area contributed by atoms with Crippen LogP contribution in [0.3, 0.4) is 0 Å². The van der Waals surface area contributed by atoms with E-state index in [4.69, 9.17) is 5.73 Å². The molecule has 2 atom stereocenters. The highest BCUT2D eigenvalue weighted by Crippen LogP contribution is 2.36. The van der Waals surface area contributed by atoms with Crippen molar-refractivity contribution in [1.29, 1.82) is 0 Å². The Morgan fingerprint density at radius 1 is 1.12 bits per heavy atom. The van der Waals surface area contributed by atoms with Gasteiger partial charge >= 0.3 is 0 Å². The Morgan fingerprint density at radius 2 is 1.62 bits per heavy atom.